The Balaban J connectivity index is 0.000000186. The maximum absolute atomic E-state index is 13.5. The van der Waals surface area contributed by atoms with Crippen molar-refractivity contribution >= 4 is 37.6 Å². The first-order chi connectivity index (χ1) is 14.8. The van der Waals surface area contributed by atoms with Gasteiger partial charge in [-0.2, -0.15) is 35.1 Å². The zero-order chi connectivity index (χ0) is 25.5. The Morgan fingerprint density at radius 2 is 1.18 bits per heavy atom. The molecule has 0 saturated heterocycles. The molecule has 2 nitrogen and oxygen atoms in total. The minimum absolute atomic E-state index is 0.494. The number of hydrogen-bond acceptors (Lipinski definition) is 2. The fraction of sp³-hybridized carbons (Fsp3) is 0.316. The van der Waals surface area contributed by atoms with E-state index in [0.29, 0.717) is 31.2 Å². The summed E-state index contributed by atoms with van der Waals surface area (Å²) >= 11 is 5.12. The maximum Gasteiger partial charge on any atom is 0.376 e. The number of halogens is 12. The Morgan fingerprint density at radius 3 is 1.70 bits per heavy atom. The number of rotatable bonds is 0. The van der Waals surface area contributed by atoms with E-state index in [2.05, 4.69) is 31.9 Å². The predicted molar refractivity (Wildman–Crippen MR) is 99.8 cm³/mol. The zero-order valence-electron chi connectivity index (χ0n) is 15.7. The molecule has 0 spiro atoms. The van der Waals surface area contributed by atoms with E-state index in [4.69, 9.17) is 0 Å². The van der Waals surface area contributed by atoms with Crippen molar-refractivity contribution in [3.05, 3.63) is 67.1 Å². The number of benzene rings is 2. The third-order valence-electron chi connectivity index (χ3n) is 5.27. The Morgan fingerprint density at radius 1 is 0.727 bits per heavy atom. The van der Waals surface area contributed by atoms with Gasteiger partial charge in [0.05, 0.1) is 14.5 Å². The van der Waals surface area contributed by atoms with Gasteiger partial charge in [-0.3, -0.25) is 4.79 Å². The number of hydrogen-bond donors (Lipinski definition) is 1. The van der Waals surface area contributed by atoms with Crippen LogP contribution in [0.25, 0.3) is 0 Å². The van der Waals surface area contributed by atoms with E-state index in [0.717, 1.165) is 0 Å². The highest BCUT2D eigenvalue weighted by Gasteiger charge is 2.75. The summed E-state index contributed by atoms with van der Waals surface area (Å²) in [5, 5.41) is 9.59. The molecule has 4 rings (SSSR count). The van der Waals surface area contributed by atoms with Crippen molar-refractivity contribution in [3.8, 4) is 0 Å². The van der Waals surface area contributed by atoms with Crippen molar-refractivity contribution in [2.75, 3.05) is 0 Å². The number of aliphatic hydroxyl groups is 1. The summed E-state index contributed by atoms with van der Waals surface area (Å²) in [6.45, 7) is 0.539. The lowest BCUT2D eigenvalue weighted by Gasteiger charge is -2.29. The van der Waals surface area contributed by atoms with Gasteiger partial charge >= 0.3 is 23.7 Å². The molecule has 0 bridgehead atoms. The topological polar surface area (TPSA) is 37.3 Å². The van der Waals surface area contributed by atoms with Gasteiger partial charge in [0.1, 0.15) is 11.6 Å². The molecule has 2 aromatic rings. The number of alkyl halides is 8. The minimum atomic E-state index is -4.83. The minimum Gasteiger partial charge on any atom is -0.379 e. The van der Waals surface area contributed by atoms with Gasteiger partial charge in [-0.25, -0.2) is 8.78 Å². The van der Waals surface area contributed by atoms with Crippen LogP contribution in [0.3, 0.4) is 0 Å². The van der Waals surface area contributed by atoms with Crippen LogP contribution in [-0.2, 0) is 17.4 Å². The number of fused-ring (bicyclic) bond motifs is 2. The molecule has 0 radical (unpaired) electrons. The smallest absolute Gasteiger partial charge is 0.376 e. The van der Waals surface area contributed by atoms with E-state index >= 15 is 0 Å². The number of ketones is 1. The molecule has 0 amide bonds. The second-order valence-electron chi connectivity index (χ2n) is 7.27. The summed E-state index contributed by atoms with van der Waals surface area (Å²) in [6.07, 6.45) is 0. The van der Waals surface area contributed by atoms with Crippen molar-refractivity contribution in [2.24, 2.45) is 0 Å². The van der Waals surface area contributed by atoms with Gasteiger partial charge in [0.2, 0.25) is 5.78 Å². The molecular formula is C19H8Br2F10O2. The predicted octanol–water partition coefficient (Wildman–Crippen LogP) is 7.05. The number of Topliss-reactive ketones (excluding diaryl/α,β-unsaturated/α-hetero) is 1. The van der Waals surface area contributed by atoms with E-state index in [-0.39, 0.29) is 0 Å². The van der Waals surface area contributed by atoms with Gasteiger partial charge in [0.15, 0.2) is 5.60 Å². The van der Waals surface area contributed by atoms with Crippen molar-refractivity contribution in [1.82, 2.24) is 0 Å². The van der Waals surface area contributed by atoms with Crippen molar-refractivity contribution in [1.29, 1.82) is 0 Å². The second-order valence-corrected chi connectivity index (χ2v) is 8.85. The van der Waals surface area contributed by atoms with Gasteiger partial charge in [-0.15, -0.1) is 0 Å². The van der Waals surface area contributed by atoms with Crippen LogP contribution in [0.15, 0.2) is 33.2 Å². The van der Waals surface area contributed by atoms with E-state index in [9.17, 15) is 53.8 Å². The van der Waals surface area contributed by atoms with Crippen LogP contribution >= 0.6 is 31.9 Å². The first kappa shape index (κ1) is 25.9. The second kappa shape index (κ2) is 7.41. The highest BCUT2D eigenvalue weighted by Crippen LogP contribution is 2.61. The molecule has 14 heteroatoms. The molecule has 2 aromatic carbocycles. The van der Waals surface area contributed by atoms with Crippen molar-refractivity contribution < 1.29 is 53.8 Å². The summed E-state index contributed by atoms with van der Waals surface area (Å²) in [7, 11) is 0. The van der Waals surface area contributed by atoms with Crippen LogP contribution in [0.4, 0.5) is 43.9 Å². The van der Waals surface area contributed by atoms with Crippen LogP contribution in [0.1, 0.15) is 34.0 Å². The van der Waals surface area contributed by atoms with E-state index in [1.54, 1.807) is 0 Å². The van der Waals surface area contributed by atoms with E-state index in [1.807, 2.05) is 0 Å². The third kappa shape index (κ3) is 3.19. The van der Waals surface area contributed by atoms with Crippen LogP contribution in [-0.4, -0.2) is 22.7 Å². The highest BCUT2D eigenvalue weighted by atomic mass is 79.9. The fourth-order valence-corrected chi connectivity index (χ4v) is 4.68. The molecular weight excluding hydrogens is 610 g/mol. The van der Waals surface area contributed by atoms with Gasteiger partial charge in [-0.1, -0.05) is 0 Å². The van der Waals surface area contributed by atoms with Crippen molar-refractivity contribution in [2.45, 2.75) is 36.2 Å². The van der Waals surface area contributed by atoms with Gasteiger partial charge in [-0.05, 0) is 63.0 Å². The van der Waals surface area contributed by atoms with E-state index in [1.165, 1.54) is 0 Å². The van der Waals surface area contributed by atoms with Gasteiger partial charge < -0.3 is 5.11 Å². The monoisotopic (exact) mass is 616 g/mol. The normalized spacial score (nSPS) is 25.2. The lowest BCUT2D eigenvalue weighted by atomic mass is 9.96. The molecule has 0 fully saturated rings. The Kier molecular flexibility index (Phi) is 5.83. The SMILES string of the molecule is CC1(O)c2c(ccc(F)c2Br)C(F)(F)C1(F)F.O=C1c2c(ccc(F)c2Br)C(F)(F)C1(F)F. The van der Waals surface area contributed by atoms with Crippen LogP contribution in [0.5, 0.6) is 0 Å². The highest BCUT2D eigenvalue weighted by molar-refractivity contribution is 9.10. The average Bonchev–Trinajstić information content (AvgIpc) is 2.90. The summed E-state index contributed by atoms with van der Waals surface area (Å²) < 4.78 is 131. The molecule has 1 unspecified atom stereocenters. The number of carbonyl (C=O) groups is 1. The molecule has 2 aliphatic carbocycles. The standard InChI is InChI=1S/C10H6BrF5O.C9H2BrF5O/c1-8(17)6-4(2-3-5(12)7(6)11)9(13,14)10(8,15)16;10-6-4(11)2-1-3-5(6)7(16)9(14,15)8(3,12)13/h2-3,17H,1H3;1-2H. The lowest BCUT2D eigenvalue weighted by molar-refractivity contribution is -0.280. The van der Waals surface area contributed by atoms with Crippen LogP contribution in [0.2, 0.25) is 0 Å². The Hall–Kier alpha value is -1.67. The first-order valence-electron chi connectivity index (χ1n) is 8.52. The van der Waals surface area contributed by atoms with Gasteiger partial charge in [0.25, 0.3) is 0 Å². The molecule has 0 heterocycles. The summed E-state index contributed by atoms with van der Waals surface area (Å²) in [6, 6.07) is 2.30. The Bertz CT molecular complexity index is 1180. The lowest BCUT2D eigenvalue weighted by Crippen LogP contribution is -2.46. The largest absolute Gasteiger partial charge is 0.379 e. The molecule has 0 aliphatic heterocycles. The number of carbonyl (C=O) groups excluding carboxylic acids is 1. The first-order valence-corrected chi connectivity index (χ1v) is 10.1. The molecule has 1 N–H and O–H groups in total. The van der Waals surface area contributed by atoms with Crippen molar-refractivity contribution in [3.63, 3.8) is 0 Å². The summed E-state index contributed by atoms with van der Waals surface area (Å²) in [5.74, 6) is -22.8. The summed E-state index contributed by atoms with van der Waals surface area (Å²) in [5.41, 5.74) is -7.16. The third-order valence-corrected chi connectivity index (χ3v) is 6.82. The Labute approximate surface area is 194 Å². The quantitative estimate of drug-likeness (QED) is 0.322. The molecule has 0 aromatic heterocycles. The average molecular weight is 618 g/mol. The molecule has 33 heavy (non-hydrogen) atoms. The van der Waals surface area contributed by atoms with Gasteiger partial charge in [0, 0.05) is 16.7 Å². The zero-order valence-corrected chi connectivity index (χ0v) is 18.9. The summed E-state index contributed by atoms with van der Waals surface area (Å²) in [4.78, 5) is 11.1. The van der Waals surface area contributed by atoms with E-state index < -0.39 is 77.9 Å². The molecule has 1 atom stereocenters. The fourth-order valence-electron chi connectivity index (χ4n) is 3.42. The maximum atomic E-state index is 13.5. The molecule has 180 valence electrons. The molecule has 0 saturated carbocycles. The van der Waals surface area contributed by atoms with Crippen LogP contribution in [0, 0.1) is 11.6 Å². The van der Waals surface area contributed by atoms with Crippen LogP contribution < -0.4 is 0 Å². The molecule has 2 aliphatic rings.